The second kappa shape index (κ2) is 8.43. The molecule has 5 heteroatoms. The molecule has 0 aliphatic rings. The number of hydrogen-bond acceptors (Lipinski definition) is 4. The Balaban J connectivity index is 2.17. The van der Waals surface area contributed by atoms with Gasteiger partial charge in [0.1, 0.15) is 5.69 Å². The van der Waals surface area contributed by atoms with Crippen LogP contribution in [-0.2, 0) is 0 Å². The minimum absolute atomic E-state index is 0.213. The first-order valence-corrected chi connectivity index (χ1v) is 8.51. The van der Waals surface area contributed by atoms with E-state index in [0.717, 1.165) is 37.2 Å². The van der Waals surface area contributed by atoms with Gasteiger partial charge in [0, 0.05) is 25.0 Å². The minimum atomic E-state index is -0.213. The Morgan fingerprint density at radius 3 is 2.42 bits per heavy atom. The predicted molar refractivity (Wildman–Crippen MR) is 98.7 cm³/mol. The number of rotatable bonds is 7. The van der Waals surface area contributed by atoms with E-state index in [1.807, 2.05) is 32.0 Å². The van der Waals surface area contributed by atoms with Crippen molar-refractivity contribution < 1.29 is 4.79 Å². The lowest BCUT2D eigenvalue weighted by Gasteiger charge is -2.21. The van der Waals surface area contributed by atoms with Gasteiger partial charge in [-0.25, -0.2) is 9.97 Å². The summed E-state index contributed by atoms with van der Waals surface area (Å²) in [5.41, 5.74) is 3.51. The average molecular weight is 326 g/mol. The Morgan fingerprint density at radius 2 is 1.79 bits per heavy atom. The Labute approximate surface area is 144 Å². The van der Waals surface area contributed by atoms with Crippen LogP contribution in [0.2, 0.25) is 0 Å². The molecule has 0 aliphatic heterocycles. The molecule has 0 fully saturated rings. The first-order chi connectivity index (χ1) is 11.5. The average Bonchev–Trinajstić information content (AvgIpc) is 2.58. The number of amides is 1. The molecule has 0 atom stereocenters. The summed E-state index contributed by atoms with van der Waals surface area (Å²) in [5, 5.41) is 2.91. The van der Waals surface area contributed by atoms with Gasteiger partial charge in [0.15, 0.2) is 0 Å². The van der Waals surface area contributed by atoms with E-state index in [0.29, 0.717) is 11.6 Å². The standard InChI is InChI=1S/C19H26N4O/c1-5-11-23(12-6-2)19-20-10-9-17(22-19)18(24)21-16-8-7-14(3)15(4)13-16/h7-10,13H,5-6,11-12H2,1-4H3,(H,21,24). The van der Waals surface area contributed by atoms with E-state index in [9.17, 15) is 4.79 Å². The van der Waals surface area contributed by atoms with Crippen molar-refractivity contribution in [2.75, 3.05) is 23.3 Å². The number of hydrogen-bond donors (Lipinski definition) is 1. The molecule has 1 N–H and O–H groups in total. The molecule has 0 saturated carbocycles. The van der Waals surface area contributed by atoms with Crippen molar-refractivity contribution in [1.29, 1.82) is 0 Å². The highest BCUT2D eigenvalue weighted by atomic mass is 16.1. The first-order valence-electron chi connectivity index (χ1n) is 8.51. The Morgan fingerprint density at radius 1 is 1.08 bits per heavy atom. The maximum absolute atomic E-state index is 12.5. The van der Waals surface area contributed by atoms with Gasteiger partial charge in [-0.3, -0.25) is 4.79 Å². The zero-order valence-corrected chi connectivity index (χ0v) is 15.0. The normalized spacial score (nSPS) is 10.5. The van der Waals surface area contributed by atoms with Crippen LogP contribution >= 0.6 is 0 Å². The van der Waals surface area contributed by atoms with Gasteiger partial charge in [-0.05, 0) is 56.0 Å². The third-order valence-electron chi connectivity index (χ3n) is 3.91. The van der Waals surface area contributed by atoms with E-state index >= 15 is 0 Å². The Kier molecular flexibility index (Phi) is 6.29. The summed E-state index contributed by atoms with van der Waals surface area (Å²) >= 11 is 0. The van der Waals surface area contributed by atoms with E-state index in [2.05, 4.69) is 34.0 Å². The third kappa shape index (κ3) is 4.54. The van der Waals surface area contributed by atoms with Crippen LogP contribution in [0.25, 0.3) is 0 Å². The molecule has 1 heterocycles. The molecule has 128 valence electrons. The summed E-state index contributed by atoms with van der Waals surface area (Å²) in [6.07, 6.45) is 3.68. The number of carbonyl (C=O) groups is 1. The van der Waals surface area contributed by atoms with Gasteiger partial charge in [0.05, 0.1) is 0 Å². The van der Waals surface area contributed by atoms with Crippen molar-refractivity contribution in [3.63, 3.8) is 0 Å². The van der Waals surface area contributed by atoms with Crippen LogP contribution in [0.5, 0.6) is 0 Å². The number of carbonyl (C=O) groups excluding carboxylic acids is 1. The number of benzene rings is 1. The molecule has 0 spiro atoms. The summed E-state index contributed by atoms with van der Waals surface area (Å²) in [5.74, 6) is 0.404. The van der Waals surface area contributed by atoms with Gasteiger partial charge in [-0.2, -0.15) is 0 Å². The van der Waals surface area contributed by atoms with Crippen LogP contribution in [0.1, 0.15) is 48.3 Å². The topological polar surface area (TPSA) is 58.1 Å². The van der Waals surface area contributed by atoms with Crippen LogP contribution in [0.15, 0.2) is 30.5 Å². The predicted octanol–water partition coefficient (Wildman–Crippen LogP) is 3.97. The second-order valence-electron chi connectivity index (χ2n) is 5.98. The van der Waals surface area contributed by atoms with E-state index in [1.165, 1.54) is 5.56 Å². The summed E-state index contributed by atoms with van der Waals surface area (Å²) in [7, 11) is 0. The van der Waals surface area contributed by atoms with Crippen LogP contribution in [-0.4, -0.2) is 29.0 Å². The molecule has 1 aromatic heterocycles. The fourth-order valence-corrected chi connectivity index (χ4v) is 2.49. The fraction of sp³-hybridized carbons (Fsp3) is 0.421. The number of nitrogens with zero attached hydrogens (tertiary/aromatic N) is 3. The molecule has 2 aromatic rings. The molecule has 24 heavy (non-hydrogen) atoms. The maximum Gasteiger partial charge on any atom is 0.274 e. The van der Waals surface area contributed by atoms with Gasteiger partial charge < -0.3 is 10.2 Å². The van der Waals surface area contributed by atoms with Gasteiger partial charge in [0.25, 0.3) is 5.91 Å². The zero-order chi connectivity index (χ0) is 17.5. The fourth-order valence-electron chi connectivity index (χ4n) is 2.49. The molecular formula is C19H26N4O. The molecule has 0 bridgehead atoms. The van der Waals surface area contributed by atoms with Crippen LogP contribution in [0.3, 0.4) is 0 Å². The summed E-state index contributed by atoms with van der Waals surface area (Å²) in [6, 6.07) is 7.52. The van der Waals surface area contributed by atoms with Crippen molar-refractivity contribution in [3.05, 3.63) is 47.3 Å². The van der Waals surface area contributed by atoms with Crippen molar-refractivity contribution in [2.45, 2.75) is 40.5 Å². The molecular weight excluding hydrogens is 300 g/mol. The van der Waals surface area contributed by atoms with Crippen LogP contribution < -0.4 is 10.2 Å². The summed E-state index contributed by atoms with van der Waals surface area (Å²) < 4.78 is 0. The highest BCUT2D eigenvalue weighted by Crippen LogP contribution is 2.16. The molecule has 0 unspecified atom stereocenters. The Bertz CT molecular complexity index is 694. The van der Waals surface area contributed by atoms with Gasteiger partial charge in [0.2, 0.25) is 5.95 Å². The molecule has 1 aromatic carbocycles. The maximum atomic E-state index is 12.5. The largest absolute Gasteiger partial charge is 0.341 e. The van der Waals surface area contributed by atoms with Crippen LogP contribution in [0, 0.1) is 13.8 Å². The zero-order valence-electron chi connectivity index (χ0n) is 15.0. The van der Waals surface area contributed by atoms with Crippen molar-refractivity contribution in [1.82, 2.24) is 9.97 Å². The summed E-state index contributed by atoms with van der Waals surface area (Å²) in [4.78, 5) is 23.4. The van der Waals surface area contributed by atoms with Gasteiger partial charge >= 0.3 is 0 Å². The highest BCUT2D eigenvalue weighted by Gasteiger charge is 2.13. The number of aryl methyl sites for hydroxylation is 2. The van der Waals surface area contributed by atoms with E-state index in [-0.39, 0.29) is 5.91 Å². The number of aromatic nitrogens is 2. The van der Waals surface area contributed by atoms with Crippen molar-refractivity contribution in [3.8, 4) is 0 Å². The molecule has 0 saturated heterocycles. The lowest BCUT2D eigenvalue weighted by atomic mass is 10.1. The van der Waals surface area contributed by atoms with E-state index in [4.69, 9.17) is 0 Å². The smallest absolute Gasteiger partial charge is 0.274 e. The second-order valence-corrected chi connectivity index (χ2v) is 5.98. The van der Waals surface area contributed by atoms with E-state index in [1.54, 1.807) is 12.3 Å². The third-order valence-corrected chi connectivity index (χ3v) is 3.91. The minimum Gasteiger partial charge on any atom is -0.341 e. The molecule has 0 aliphatic carbocycles. The van der Waals surface area contributed by atoms with E-state index < -0.39 is 0 Å². The monoisotopic (exact) mass is 326 g/mol. The van der Waals surface area contributed by atoms with Crippen molar-refractivity contribution >= 4 is 17.5 Å². The van der Waals surface area contributed by atoms with Gasteiger partial charge in [-0.1, -0.05) is 19.9 Å². The first kappa shape index (κ1) is 17.9. The van der Waals surface area contributed by atoms with Crippen LogP contribution in [0.4, 0.5) is 11.6 Å². The molecule has 1 amide bonds. The number of nitrogens with one attached hydrogen (secondary N) is 1. The summed E-state index contributed by atoms with van der Waals surface area (Å²) in [6.45, 7) is 10.1. The highest BCUT2D eigenvalue weighted by molar-refractivity contribution is 6.03. The Hall–Kier alpha value is -2.43. The molecule has 5 nitrogen and oxygen atoms in total. The molecule has 0 radical (unpaired) electrons. The lowest BCUT2D eigenvalue weighted by Crippen LogP contribution is -2.27. The SMILES string of the molecule is CCCN(CCC)c1nccc(C(=O)Nc2ccc(C)c(C)c2)n1. The lowest BCUT2D eigenvalue weighted by molar-refractivity contribution is 0.102. The number of anilines is 2. The quantitative estimate of drug-likeness (QED) is 0.836. The molecule has 2 rings (SSSR count). The van der Waals surface area contributed by atoms with Crippen molar-refractivity contribution in [2.24, 2.45) is 0 Å². The van der Waals surface area contributed by atoms with Gasteiger partial charge in [-0.15, -0.1) is 0 Å².